The molecule has 0 atom stereocenters. The molecule has 4 aromatic rings. The molecular weight excluding hydrogens is 523 g/mol. The van der Waals surface area contributed by atoms with E-state index in [-0.39, 0.29) is 30.0 Å². The molecule has 5 rings (SSSR count). The summed E-state index contributed by atoms with van der Waals surface area (Å²) in [6.07, 6.45) is -1.85. The van der Waals surface area contributed by atoms with E-state index in [1.807, 2.05) is 6.07 Å². The number of carbonyl (C=O) groups excluding carboxylic acids is 2. The van der Waals surface area contributed by atoms with E-state index < -0.39 is 23.4 Å². The summed E-state index contributed by atoms with van der Waals surface area (Å²) in [4.78, 5) is 29.4. The zero-order chi connectivity index (χ0) is 27.1. The number of hydrogen-bond acceptors (Lipinski definition) is 5. The third kappa shape index (κ3) is 4.65. The van der Waals surface area contributed by atoms with E-state index >= 15 is 0 Å². The number of nitrogens with zero attached hydrogens (tertiary/aromatic N) is 3. The molecule has 12 heteroatoms. The Kier molecular flexibility index (Phi) is 6.47. The fourth-order valence-corrected chi connectivity index (χ4v) is 4.37. The summed E-state index contributed by atoms with van der Waals surface area (Å²) in [5.41, 5.74) is 0.144. The standard InChI is InChI=1S/C26H21ClF3N5O3/c1-38-22-12-16(7-10-31-22)35-21-4-2-3-20(18(21)14-33-35)34-23(36)17-11-15(5-6-19(17)27)13-32-24(37)25(8-9-25)26(28,29)30/h2-7,10-12,14H,8-9,13H2,1H3,(H,32,37)(H,34,36). The summed E-state index contributed by atoms with van der Waals surface area (Å²) in [6, 6.07) is 13.3. The van der Waals surface area contributed by atoms with Gasteiger partial charge in [-0.3, -0.25) is 9.59 Å². The van der Waals surface area contributed by atoms with Crippen LogP contribution in [0.2, 0.25) is 5.02 Å². The van der Waals surface area contributed by atoms with Crippen LogP contribution in [0.15, 0.2) is 60.9 Å². The van der Waals surface area contributed by atoms with E-state index in [4.69, 9.17) is 16.3 Å². The van der Waals surface area contributed by atoms with Crippen LogP contribution in [0.25, 0.3) is 16.6 Å². The number of amides is 2. The maximum Gasteiger partial charge on any atom is 0.403 e. The lowest BCUT2D eigenvalue weighted by Gasteiger charge is -2.18. The first kappa shape index (κ1) is 25.5. The largest absolute Gasteiger partial charge is 0.481 e. The van der Waals surface area contributed by atoms with Gasteiger partial charge in [0.2, 0.25) is 11.8 Å². The highest BCUT2D eigenvalue weighted by Crippen LogP contribution is 2.57. The molecule has 2 amide bonds. The van der Waals surface area contributed by atoms with E-state index in [9.17, 15) is 22.8 Å². The summed E-state index contributed by atoms with van der Waals surface area (Å²) in [7, 11) is 1.51. The molecule has 38 heavy (non-hydrogen) atoms. The number of aromatic nitrogens is 3. The Bertz CT molecular complexity index is 1550. The molecule has 2 aromatic carbocycles. The molecular formula is C26H21ClF3N5O3. The number of hydrogen-bond donors (Lipinski definition) is 2. The molecule has 1 saturated carbocycles. The van der Waals surface area contributed by atoms with Gasteiger partial charge < -0.3 is 15.4 Å². The van der Waals surface area contributed by atoms with Crippen LogP contribution >= 0.6 is 11.6 Å². The van der Waals surface area contributed by atoms with E-state index in [1.54, 1.807) is 47.4 Å². The third-order valence-corrected chi connectivity index (χ3v) is 6.82. The van der Waals surface area contributed by atoms with Crippen LogP contribution in [-0.2, 0) is 11.3 Å². The van der Waals surface area contributed by atoms with Crippen molar-refractivity contribution < 1.29 is 27.5 Å². The average Bonchev–Trinajstić information content (AvgIpc) is 3.62. The molecule has 2 heterocycles. The predicted molar refractivity (Wildman–Crippen MR) is 134 cm³/mol. The fourth-order valence-electron chi connectivity index (χ4n) is 4.17. The summed E-state index contributed by atoms with van der Waals surface area (Å²) in [6.45, 7) is -0.175. The first-order valence-electron chi connectivity index (χ1n) is 11.5. The molecule has 196 valence electrons. The minimum Gasteiger partial charge on any atom is -0.481 e. The van der Waals surface area contributed by atoms with Gasteiger partial charge in [0.1, 0.15) is 5.41 Å². The van der Waals surface area contributed by atoms with Gasteiger partial charge >= 0.3 is 6.18 Å². The van der Waals surface area contributed by atoms with Crippen molar-refractivity contribution in [2.24, 2.45) is 5.41 Å². The molecule has 0 unspecified atom stereocenters. The lowest BCUT2D eigenvalue weighted by atomic mass is 10.1. The second-order valence-electron chi connectivity index (χ2n) is 8.88. The van der Waals surface area contributed by atoms with Crippen LogP contribution in [0.1, 0.15) is 28.8 Å². The molecule has 1 fully saturated rings. The number of rotatable bonds is 7. The van der Waals surface area contributed by atoms with Gasteiger partial charge in [-0.25, -0.2) is 9.67 Å². The monoisotopic (exact) mass is 543 g/mol. The zero-order valence-corrected chi connectivity index (χ0v) is 20.7. The van der Waals surface area contributed by atoms with Crippen molar-refractivity contribution in [2.75, 3.05) is 12.4 Å². The van der Waals surface area contributed by atoms with Crippen LogP contribution < -0.4 is 15.4 Å². The molecule has 2 N–H and O–H groups in total. The lowest BCUT2D eigenvalue weighted by Crippen LogP contribution is -2.40. The average molecular weight is 544 g/mol. The van der Waals surface area contributed by atoms with Gasteiger partial charge in [0.15, 0.2) is 0 Å². The van der Waals surface area contributed by atoms with Gasteiger partial charge in [-0.2, -0.15) is 18.3 Å². The van der Waals surface area contributed by atoms with E-state index in [2.05, 4.69) is 20.7 Å². The number of methoxy groups -OCH3 is 1. The first-order valence-corrected chi connectivity index (χ1v) is 11.9. The van der Waals surface area contributed by atoms with Gasteiger partial charge in [-0.15, -0.1) is 0 Å². The summed E-state index contributed by atoms with van der Waals surface area (Å²) in [5, 5.41) is 10.4. The van der Waals surface area contributed by atoms with Gasteiger partial charge in [0.25, 0.3) is 5.91 Å². The predicted octanol–water partition coefficient (Wildman–Crippen LogP) is 5.29. The van der Waals surface area contributed by atoms with Crippen molar-refractivity contribution in [1.29, 1.82) is 0 Å². The Morgan fingerprint density at radius 3 is 2.66 bits per heavy atom. The summed E-state index contributed by atoms with van der Waals surface area (Å²) < 4.78 is 46.5. The highest BCUT2D eigenvalue weighted by atomic mass is 35.5. The number of carbonyl (C=O) groups is 2. The molecule has 1 aliphatic rings. The molecule has 0 spiro atoms. The van der Waals surface area contributed by atoms with Crippen molar-refractivity contribution in [3.05, 3.63) is 77.1 Å². The highest BCUT2D eigenvalue weighted by Gasteiger charge is 2.68. The third-order valence-electron chi connectivity index (χ3n) is 6.49. The van der Waals surface area contributed by atoms with Crippen molar-refractivity contribution >= 4 is 40.0 Å². The highest BCUT2D eigenvalue weighted by molar-refractivity contribution is 6.34. The molecule has 1 aliphatic carbocycles. The van der Waals surface area contributed by atoms with E-state index in [0.29, 0.717) is 28.2 Å². The summed E-state index contributed by atoms with van der Waals surface area (Å²) in [5.74, 6) is -1.17. The van der Waals surface area contributed by atoms with Gasteiger partial charge in [0, 0.05) is 24.2 Å². The zero-order valence-electron chi connectivity index (χ0n) is 20.0. The number of halogens is 4. The Balaban J connectivity index is 1.35. The van der Waals surface area contributed by atoms with E-state index in [1.165, 1.54) is 19.2 Å². The minimum atomic E-state index is -4.60. The number of alkyl halides is 3. The van der Waals surface area contributed by atoms with Crippen LogP contribution in [0.5, 0.6) is 5.88 Å². The van der Waals surface area contributed by atoms with Crippen LogP contribution in [0, 0.1) is 5.41 Å². The Morgan fingerprint density at radius 1 is 1.16 bits per heavy atom. The molecule has 0 radical (unpaired) electrons. The van der Waals surface area contributed by atoms with Crippen molar-refractivity contribution in [3.8, 4) is 11.6 Å². The Hall–Kier alpha value is -4.12. The van der Waals surface area contributed by atoms with Crippen LogP contribution in [0.4, 0.5) is 18.9 Å². The first-order chi connectivity index (χ1) is 18.1. The van der Waals surface area contributed by atoms with Crippen molar-refractivity contribution in [1.82, 2.24) is 20.1 Å². The maximum absolute atomic E-state index is 13.2. The normalized spacial score (nSPS) is 14.2. The second-order valence-corrected chi connectivity index (χ2v) is 9.29. The molecule has 2 aromatic heterocycles. The number of benzene rings is 2. The molecule has 8 nitrogen and oxygen atoms in total. The number of anilines is 1. The van der Waals surface area contributed by atoms with Crippen molar-refractivity contribution in [2.45, 2.75) is 25.6 Å². The molecule has 0 bridgehead atoms. The van der Waals surface area contributed by atoms with Crippen LogP contribution in [-0.4, -0.2) is 39.9 Å². The van der Waals surface area contributed by atoms with Crippen LogP contribution in [0.3, 0.4) is 0 Å². The maximum atomic E-state index is 13.2. The Morgan fingerprint density at radius 2 is 1.95 bits per heavy atom. The molecule has 0 saturated heterocycles. The van der Waals surface area contributed by atoms with Crippen molar-refractivity contribution in [3.63, 3.8) is 0 Å². The molecule has 0 aliphatic heterocycles. The lowest BCUT2D eigenvalue weighted by molar-refractivity contribution is -0.192. The number of nitrogens with one attached hydrogen (secondary N) is 2. The Labute approximate surface area is 219 Å². The number of pyridine rings is 1. The minimum absolute atomic E-state index is 0.110. The van der Waals surface area contributed by atoms with E-state index in [0.717, 1.165) is 5.52 Å². The summed E-state index contributed by atoms with van der Waals surface area (Å²) >= 11 is 6.26. The SMILES string of the molecule is COc1cc(-n2ncc3c(NC(=O)c4cc(CNC(=O)C5(C(F)(F)F)CC5)ccc4Cl)cccc32)ccn1. The number of ether oxygens (including phenoxy) is 1. The van der Waals surface area contributed by atoms with Gasteiger partial charge in [0.05, 0.1) is 40.8 Å². The number of fused-ring (bicyclic) bond motifs is 1. The van der Waals surface area contributed by atoms with Gasteiger partial charge in [-0.1, -0.05) is 23.7 Å². The topological polar surface area (TPSA) is 98.1 Å². The quantitative estimate of drug-likeness (QED) is 0.330. The van der Waals surface area contributed by atoms with Gasteiger partial charge in [-0.05, 0) is 48.7 Å². The smallest absolute Gasteiger partial charge is 0.403 e. The fraction of sp³-hybridized carbons (Fsp3) is 0.231. The second kappa shape index (κ2) is 9.64.